The Morgan fingerprint density at radius 2 is 2.11 bits per heavy atom. The molecular weight excluding hydrogens is 306 g/mol. The minimum Gasteiger partial charge on any atom is -0.354 e. The molecule has 0 bridgehead atoms. The highest BCUT2D eigenvalue weighted by atomic mass is 79.9. The van der Waals surface area contributed by atoms with Crippen LogP contribution in [0.2, 0.25) is 0 Å². The SMILES string of the molecule is CCN(CCCN(C)C)c1nc(Br)cn2ccnc12. The molecule has 0 radical (unpaired) electrons. The first-order chi connectivity index (χ1) is 9.11. The van der Waals surface area contributed by atoms with Crippen LogP contribution >= 0.6 is 15.9 Å². The second kappa shape index (κ2) is 6.34. The zero-order chi connectivity index (χ0) is 13.8. The van der Waals surface area contributed by atoms with Crippen molar-refractivity contribution in [3.8, 4) is 0 Å². The van der Waals surface area contributed by atoms with Crippen LogP contribution in [-0.4, -0.2) is 53.0 Å². The van der Waals surface area contributed by atoms with E-state index in [-0.39, 0.29) is 0 Å². The molecule has 0 atom stereocenters. The van der Waals surface area contributed by atoms with Gasteiger partial charge in [-0.15, -0.1) is 0 Å². The standard InChI is InChI=1S/C13H20BrN5/c1-4-18(8-5-7-17(2)3)13-12-15-6-9-19(12)10-11(14)16-13/h6,9-10H,4-5,7-8H2,1-3H3. The third-order valence-electron chi connectivity index (χ3n) is 3.04. The second-order valence-electron chi connectivity index (χ2n) is 4.78. The van der Waals surface area contributed by atoms with Crippen LogP contribution in [0.3, 0.4) is 0 Å². The predicted octanol–water partition coefficient (Wildman–Crippen LogP) is 2.27. The maximum Gasteiger partial charge on any atom is 0.180 e. The van der Waals surface area contributed by atoms with Crippen LogP contribution in [0.25, 0.3) is 5.65 Å². The zero-order valence-electron chi connectivity index (χ0n) is 11.7. The molecule has 0 aliphatic carbocycles. The Labute approximate surface area is 122 Å². The van der Waals surface area contributed by atoms with Gasteiger partial charge in [-0.1, -0.05) is 0 Å². The summed E-state index contributed by atoms with van der Waals surface area (Å²) >= 11 is 3.46. The summed E-state index contributed by atoms with van der Waals surface area (Å²) in [5.74, 6) is 0.945. The number of anilines is 1. The lowest BCUT2D eigenvalue weighted by atomic mass is 10.3. The number of rotatable bonds is 6. The highest BCUT2D eigenvalue weighted by Crippen LogP contribution is 2.21. The van der Waals surface area contributed by atoms with Crippen molar-refractivity contribution in [1.29, 1.82) is 0 Å². The van der Waals surface area contributed by atoms with E-state index in [1.54, 1.807) is 6.20 Å². The maximum absolute atomic E-state index is 4.59. The van der Waals surface area contributed by atoms with Crippen molar-refractivity contribution < 1.29 is 0 Å². The molecule has 0 spiro atoms. The van der Waals surface area contributed by atoms with Gasteiger partial charge >= 0.3 is 0 Å². The third-order valence-corrected chi connectivity index (χ3v) is 3.42. The average Bonchev–Trinajstić information content (AvgIpc) is 2.81. The smallest absolute Gasteiger partial charge is 0.180 e. The minimum absolute atomic E-state index is 0.832. The Bertz CT molecular complexity index is 537. The van der Waals surface area contributed by atoms with Gasteiger partial charge in [-0.2, -0.15) is 0 Å². The van der Waals surface area contributed by atoms with E-state index in [4.69, 9.17) is 0 Å². The zero-order valence-corrected chi connectivity index (χ0v) is 13.3. The summed E-state index contributed by atoms with van der Waals surface area (Å²) in [5.41, 5.74) is 0.912. The summed E-state index contributed by atoms with van der Waals surface area (Å²) in [6.07, 6.45) is 6.79. The van der Waals surface area contributed by atoms with Crippen LogP contribution in [0.5, 0.6) is 0 Å². The molecule has 2 aromatic rings. The van der Waals surface area contributed by atoms with Crippen LogP contribution < -0.4 is 4.90 Å². The van der Waals surface area contributed by atoms with E-state index in [1.807, 2.05) is 16.8 Å². The van der Waals surface area contributed by atoms with E-state index < -0.39 is 0 Å². The molecule has 104 valence electrons. The first-order valence-corrected chi connectivity index (χ1v) is 7.30. The average molecular weight is 326 g/mol. The fourth-order valence-electron chi connectivity index (χ4n) is 2.09. The summed E-state index contributed by atoms with van der Waals surface area (Å²) in [6, 6.07) is 0. The Hall–Kier alpha value is -1.14. The first kappa shape index (κ1) is 14.3. The fourth-order valence-corrected chi connectivity index (χ4v) is 2.48. The van der Waals surface area contributed by atoms with Crippen LogP contribution in [0.1, 0.15) is 13.3 Å². The van der Waals surface area contributed by atoms with E-state index in [0.717, 1.165) is 42.1 Å². The van der Waals surface area contributed by atoms with Gasteiger partial charge in [0, 0.05) is 31.7 Å². The molecule has 0 amide bonds. The van der Waals surface area contributed by atoms with Crippen molar-refractivity contribution in [1.82, 2.24) is 19.3 Å². The molecule has 6 heteroatoms. The fraction of sp³-hybridized carbons (Fsp3) is 0.538. The summed E-state index contributed by atoms with van der Waals surface area (Å²) in [4.78, 5) is 13.5. The number of halogens is 1. The van der Waals surface area contributed by atoms with Crippen molar-refractivity contribution in [3.05, 3.63) is 23.2 Å². The van der Waals surface area contributed by atoms with Gasteiger partial charge in [0.25, 0.3) is 0 Å². The van der Waals surface area contributed by atoms with E-state index in [0.29, 0.717) is 0 Å². The molecule has 0 saturated carbocycles. The van der Waals surface area contributed by atoms with Crippen molar-refractivity contribution in [2.45, 2.75) is 13.3 Å². The highest BCUT2D eigenvalue weighted by Gasteiger charge is 2.13. The molecule has 0 aliphatic heterocycles. The summed E-state index contributed by atoms with van der Waals surface area (Å²) in [5, 5.41) is 0. The van der Waals surface area contributed by atoms with E-state index in [2.05, 4.69) is 56.7 Å². The number of fused-ring (bicyclic) bond motifs is 1. The second-order valence-corrected chi connectivity index (χ2v) is 5.59. The molecule has 0 saturated heterocycles. The van der Waals surface area contributed by atoms with Crippen LogP contribution in [0.4, 0.5) is 5.82 Å². The van der Waals surface area contributed by atoms with Gasteiger partial charge in [-0.25, -0.2) is 9.97 Å². The number of aromatic nitrogens is 3. The lowest BCUT2D eigenvalue weighted by Gasteiger charge is -2.23. The molecule has 19 heavy (non-hydrogen) atoms. The van der Waals surface area contributed by atoms with Gasteiger partial charge < -0.3 is 14.2 Å². The normalized spacial score (nSPS) is 11.4. The molecule has 0 aliphatic rings. The van der Waals surface area contributed by atoms with Crippen molar-refractivity contribution >= 4 is 27.4 Å². The van der Waals surface area contributed by atoms with Crippen molar-refractivity contribution in [3.63, 3.8) is 0 Å². The van der Waals surface area contributed by atoms with Gasteiger partial charge in [-0.3, -0.25) is 0 Å². The molecule has 0 aromatic carbocycles. The number of nitrogens with zero attached hydrogens (tertiary/aromatic N) is 5. The molecule has 0 unspecified atom stereocenters. The Balaban J connectivity index is 2.22. The third kappa shape index (κ3) is 3.45. The van der Waals surface area contributed by atoms with Crippen LogP contribution in [0.15, 0.2) is 23.2 Å². The Morgan fingerprint density at radius 1 is 1.32 bits per heavy atom. The molecular formula is C13H20BrN5. The molecule has 5 nitrogen and oxygen atoms in total. The van der Waals surface area contributed by atoms with Gasteiger partial charge in [-0.05, 0) is 49.9 Å². The van der Waals surface area contributed by atoms with Crippen LogP contribution in [-0.2, 0) is 0 Å². The molecule has 2 rings (SSSR count). The number of hydrogen-bond donors (Lipinski definition) is 0. The first-order valence-electron chi connectivity index (χ1n) is 6.50. The van der Waals surface area contributed by atoms with Crippen molar-refractivity contribution in [2.75, 3.05) is 38.6 Å². The van der Waals surface area contributed by atoms with E-state index in [9.17, 15) is 0 Å². The van der Waals surface area contributed by atoms with Gasteiger partial charge in [0.1, 0.15) is 4.60 Å². The van der Waals surface area contributed by atoms with E-state index in [1.165, 1.54) is 0 Å². The lowest BCUT2D eigenvalue weighted by Crippen LogP contribution is -2.28. The highest BCUT2D eigenvalue weighted by molar-refractivity contribution is 9.10. The quantitative estimate of drug-likeness (QED) is 0.816. The topological polar surface area (TPSA) is 36.7 Å². The largest absolute Gasteiger partial charge is 0.354 e. The van der Waals surface area contributed by atoms with Crippen LogP contribution in [0, 0.1) is 0 Å². The molecule has 0 N–H and O–H groups in total. The molecule has 0 fully saturated rings. The monoisotopic (exact) mass is 325 g/mol. The Kier molecular flexibility index (Phi) is 4.76. The van der Waals surface area contributed by atoms with Gasteiger partial charge in [0.05, 0.1) is 0 Å². The summed E-state index contributed by atoms with van der Waals surface area (Å²) in [7, 11) is 4.20. The lowest BCUT2D eigenvalue weighted by molar-refractivity contribution is 0.400. The summed E-state index contributed by atoms with van der Waals surface area (Å²) in [6.45, 7) is 5.15. The minimum atomic E-state index is 0.832. The number of imidazole rings is 1. The van der Waals surface area contributed by atoms with Gasteiger partial charge in [0.2, 0.25) is 0 Å². The molecule has 2 heterocycles. The van der Waals surface area contributed by atoms with Gasteiger partial charge in [0.15, 0.2) is 11.5 Å². The molecule has 2 aromatic heterocycles. The van der Waals surface area contributed by atoms with E-state index >= 15 is 0 Å². The van der Waals surface area contributed by atoms with Crippen molar-refractivity contribution in [2.24, 2.45) is 0 Å². The predicted molar refractivity (Wildman–Crippen MR) is 81.7 cm³/mol. The number of hydrogen-bond acceptors (Lipinski definition) is 4. The Morgan fingerprint density at radius 3 is 2.79 bits per heavy atom. The summed E-state index contributed by atoms with van der Waals surface area (Å²) < 4.78 is 2.83. The maximum atomic E-state index is 4.59.